The number of nitrogens with zero attached hydrogens (tertiary/aromatic N) is 1. The summed E-state index contributed by atoms with van der Waals surface area (Å²) in [4.78, 5) is 2.39. The Balaban J connectivity index is 1.81. The molecule has 1 aromatic rings. The Morgan fingerprint density at radius 1 is 1.30 bits per heavy atom. The van der Waals surface area contributed by atoms with Gasteiger partial charge in [0.15, 0.2) is 0 Å². The Hall–Kier alpha value is -1.10. The number of methoxy groups -OCH3 is 1. The van der Waals surface area contributed by atoms with Crippen molar-refractivity contribution in [1.82, 2.24) is 4.90 Å². The molecule has 2 aliphatic rings. The van der Waals surface area contributed by atoms with Crippen LogP contribution >= 0.6 is 0 Å². The zero-order valence-corrected chi connectivity index (χ0v) is 12.0. The second-order valence-electron chi connectivity index (χ2n) is 5.62. The van der Waals surface area contributed by atoms with Gasteiger partial charge < -0.3 is 14.6 Å². The van der Waals surface area contributed by atoms with Crippen molar-refractivity contribution >= 4 is 0 Å². The molecule has 0 amide bonds. The van der Waals surface area contributed by atoms with Crippen LogP contribution in [0.25, 0.3) is 0 Å². The summed E-state index contributed by atoms with van der Waals surface area (Å²) in [5, 5.41) is 10.7. The first-order chi connectivity index (χ1) is 9.79. The van der Waals surface area contributed by atoms with Gasteiger partial charge in [0.1, 0.15) is 5.75 Å². The number of ether oxygens (including phenoxy) is 2. The van der Waals surface area contributed by atoms with Gasteiger partial charge in [0.2, 0.25) is 0 Å². The molecular weight excluding hydrogens is 254 g/mol. The fourth-order valence-electron chi connectivity index (χ4n) is 3.35. The molecule has 3 rings (SSSR count). The fraction of sp³-hybridized carbons (Fsp3) is 0.625. The Kier molecular flexibility index (Phi) is 4.24. The van der Waals surface area contributed by atoms with Crippen molar-refractivity contribution in [1.29, 1.82) is 0 Å². The van der Waals surface area contributed by atoms with Crippen LogP contribution in [-0.4, -0.2) is 49.5 Å². The van der Waals surface area contributed by atoms with E-state index in [1.165, 1.54) is 5.56 Å². The van der Waals surface area contributed by atoms with Crippen molar-refractivity contribution in [3.8, 4) is 5.75 Å². The zero-order valence-electron chi connectivity index (χ0n) is 12.0. The first-order valence-corrected chi connectivity index (χ1v) is 7.46. The maximum atomic E-state index is 10.7. The molecule has 4 nitrogen and oxygen atoms in total. The molecule has 20 heavy (non-hydrogen) atoms. The van der Waals surface area contributed by atoms with Crippen LogP contribution in [0.3, 0.4) is 0 Å². The molecule has 0 aromatic heterocycles. The molecule has 1 aliphatic heterocycles. The fourth-order valence-corrected chi connectivity index (χ4v) is 3.35. The van der Waals surface area contributed by atoms with Gasteiger partial charge in [-0.2, -0.15) is 0 Å². The lowest BCUT2D eigenvalue weighted by Gasteiger charge is -2.38. The molecule has 110 valence electrons. The molecule has 0 bridgehead atoms. The second-order valence-corrected chi connectivity index (χ2v) is 5.62. The summed E-state index contributed by atoms with van der Waals surface area (Å²) in [6.45, 7) is 3.54. The average Bonchev–Trinajstić information content (AvgIpc) is 2.76. The number of aryl methyl sites for hydroxylation is 1. The molecule has 1 saturated heterocycles. The Morgan fingerprint density at radius 2 is 2.20 bits per heavy atom. The van der Waals surface area contributed by atoms with Crippen LogP contribution < -0.4 is 4.74 Å². The van der Waals surface area contributed by atoms with Gasteiger partial charge in [-0.25, -0.2) is 0 Å². The SMILES string of the molecule is COc1ccc2c(c1)C(O)C(N1CCCOCC1)CC2. The maximum absolute atomic E-state index is 10.7. The third-order valence-corrected chi connectivity index (χ3v) is 4.47. The number of fused-ring (bicyclic) bond motifs is 1. The van der Waals surface area contributed by atoms with Gasteiger partial charge in [-0.1, -0.05) is 6.07 Å². The van der Waals surface area contributed by atoms with Gasteiger partial charge in [0.25, 0.3) is 0 Å². The van der Waals surface area contributed by atoms with E-state index < -0.39 is 6.10 Å². The van der Waals surface area contributed by atoms with Crippen LogP contribution in [0.1, 0.15) is 30.1 Å². The summed E-state index contributed by atoms with van der Waals surface area (Å²) in [6.07, 6.45) is 2.67. The Bertz CT molecular complexity index is 455. The predicted molar refractivity (Wildman–Crippen MR) is 77.1 cm³/mol. The van der Waals surface area contributed by atoms with Gasteiger partial charge >= 0.3 is 0 Å². The van der Waals surface area contributed by atoms with Crippen molar-refractivity contribution in [3.05, 3.63) is 29.3 Å². The number of benzene rings is 1. The Labute approximate surface area is 120 Å². The van der Waals surface area contributed by atoms with Crippen molar-refractivity contribution in [3.63, 3.8) is 0 Å². The summed E-state index contributed by atoms with van der Waals surface area (Å²) < 4.78 is 10.8. The molecule has 1 N–H and O–H groups in total. The van der Waals surface area contributed by atoms with Gasteiger partial charge in [-0.05, 0) is 42.5 Å². The molecular formula is C16H23NO3. The number of aliphatic hydroxyl groups excluding tert-OH is 1. The van der Waals surface area contributed by atoms with Crippen molar-refractivity contribution in [2.45, 2.75) is 31.4 Å². The first kappa shape index (κ1) is 13.9. The van der Waals surface area contributed by atoms with Crippen LogP contribution in [0.2, 0.25) is 0 Å². The number of rotatable bonds is 2. The Morgan fingerprint density at radius 3 is 3.05 bits per heavy atom. The normalized spacial score (nSPS) is 27.7. The van der Waals surface area contributed by atoms with E-state index >= 15 is 0 Å². The van der Waals surface area contributed by atoms with Crippen LogP contribution in [0.5, 0.6) is 5.75 Å². The first-order valence-electron chi connectivity index (χ1n) is 7.46. The lowest BCUT2D eigenvalue weighted by atomic mass is 9.85. The summed E-state index contributed by atoms with van der Waals surface area (Å²) in [6, 6.07) is 6.25. The summed E-state index contributed by atoms with van der Waals surface area (Å²) in [5.74, 6) is 0.822. The molecule has 1 heterocycles. The molecule has 1 fully saturated rings. The molecule has 2 unspecified atom stereocenters. The van der Waals surface area contributed by atoms with E-state index in [4.69, 9.17) is 9.47 Å². The number of hydrogen-bond donors (Lipinski definition) is 1. The lowest BCUT2D eigenvalue weighted by Crippen LogP contribution is -2.43. The molecule has 4 heteroatoms. The van der Waals surface area contributed by atoms with Crippen LogP contribution in [-0.2, 0) is 11.2 Å². The number of aliphatic hydroxyl groups is 1. The van der Waals surface area contributed by atoms with E-state index in [9.17, 15) is 5.11 Å². The van der Waals surface area contributed by atoms with E-state index in [0.29, 0.717) is 0 Å². The second kappa shape index (κ2) is 6.12. The summed E-state index contributed by atoms with van der Waals surface area (Å²) >= 11 is 0. The van der Waals surface area contributed by atoms with Gasteiger partial charge in [-0.3, -0.25) is 4.90 Å². The smallest absolute Gasteiger partial charge is 0.119 e. The predicted octanol–water partition coefficient (Wildman–Crippen LogP) is 1.77. The highest BCUT2D eigenvalue weighted by Gasteiger charge is 2.32. The van der Waals surface area contributed by atoms with Crippen molar-refractivity contribution in [2.24, 2.45) is 0 Å². The highest BCUT2D eigenvalue weighted by molar-refractivity contribution is 5.39. The van der Waals surface area contributed by atoms with Crippen LogP contribution in [0, 0.1) is 0 Å². The van der Waals surface area contributed by atoms with Crippen LogP contribution in [0.4, 0.5) is 0 Å². The number of hydrogen-bond acceptors (Lipinski definition) is 4. The minimum Gasteiger partial charge on any atom is -0.497 e. The van der Waals surface area contributed by atoms with E-state index in [1.54, 1.807) is 7.11 Å². The standard InChI is InChI=1S/C16H23NO3/c1-19-13-5-3-12-4-6-15(16(18)14(12)11-13)17-7-2-9-20-10-8-17/h3,5,11,15-16,18H,2,4,6-10H2,1H3. The van der Waals surface area contributed by atoms with E-state index in [1.807, 2.05) is 12.1 Å². The molecule has 0 radical (unpaired) electrons. The van der Waals surface area contributed by atoms with E-state index in [0.717, 1.165) is 56.9 Å². The van der Waals surface area contributed by atoms with Crippen molar-refractivity contribution in [2.75, 3.05) is 33.4 Å². The van der Waals surface area contributed by atoms with Crippen molar-refractivity contribution < 1.29 is 14.6 Å². The average molecular weight is 277 g/mol. The lowest BCUT2D eigenvalue weighted by molar-refractivity contribution is 0.0337. The largest absolute Gasteiger partial charge is 0.497 e. The molecule has 0 spiro atoms. The van der Waals surface area contributed by atoms with Gasteiger partial charge in [0, 0.05) is 25.7 Å². The summed E-state index contributed by atoms with van der Waals surface area (Å²) in [7, 11) is 1.67. The third kappa shape index (κ3) is 2.68. The van der Waals surface area contributed by atoms with Gasteiger partial charge in [0.05, 0.1) is 19.8 Å². The molecule has 1 aromatic carbocycles. The molecule has 2 atom stereocenters. The molecule has 1 aliphatic carbocycles. The zero-order chi connectivity index (χ0) is 13.9. The van der Waals surface area contributed by atoms with E-state index in [2.05, 4.69) is 11.0 Å². The molecule has 0 saturated carbocycles. The summed E-state index contributed by atoms with van der Waals surface area (Å²) in [5.41, 5.74) is 2.28. The topological polar surface area (TPSA) is 41.9 Å². The van der Waals surface area contributed by atoms with E-state index in [-0.39, 0.29) is 6.04 Å². The highest BCUT2D eigenvalue weighted by atomic mass is 16.5. The minimum absolute atomic E-state index is 0.205. The highest BCUT2D eigenvalue weighted by Crippen LogP contribution is 2.35. The quantitative estimate of drug-likeness (QED) is 0.894. The minimum atomic E-state index is -0.424. The monoisotopic (exact) mass is 277 g/mol. The third-order valence-electron chi connectivity index (χ3n) is 4.47. The van der Waals surface area contributed by atoms with Gasteiger partial charge in [-0.15, -0.1) is 0 Å². The van der Waals surface area contributed by atoms with Crippen LogP contribution in [0.15, 0.2) is 18.2 Å². The maximum Gasteiger partial charge on any atom is 0.119 e.